The largest absolute Gasteiger partial charge is 0.336 e. The van der Waals surface area contributed by atoms with Crippen LogP contribution in [0.3, 0.4) is 0 Å². The van der Waals surface area contributed by atoms with Crippen molar-refractivity contribution >= 4 is 0 Å². The van der Waals surface area contributed by atoms with Gasteiger partial charge < -0.3 is 9.88 Å². The van der Waals surface area contributed by atoms with E-state index in [2.05, 4.69) is 22.1 Å². The molecule has 0 aromatic carbocycles. The van der Waals surface area contributed by atoms with Gasteiger partial charge in [-0.25, -0.2) is 4.98 Å². The van der Waals surface area contributed by atoms with Crippen molar-refractivity contribution in [1.82, 2.24) is 14.9 Å². The minimum Gasteiger partial charge on any atom is -0.336 e. The number of nitrogens with one attached hydrogen (secondary N) is 1. The molecule has 0 radical (unpaired) electrons. The van der Waals surface area contributed by atoms with E-state index in [0.717, 1.165) is 6.42 Å². The number of hydrogen-bond donors (Lipinski definition) is 1. The number of imidazole rings is 1. The lowest BCUT2D eigenvalue weighted by Crippen LogP contribution is -2.18. The van der Waals surface area contributed by atoms with Crippen molar-refractivity contribution in [3.63, 3.8) is 0 Å². The summed E-state index contributed by atoms with van der Waals surface area (Å²) in [6.07, 6.45) is 4.50. The highest BCUT2D eigenvalue weighted by atomic mass is 15.1. The molecule has 0 aliphatic rings. The van der Waals surface area contributed by atoms with Crippen LogP contribution in [0, 0.1) is 11.8 Å². The molecule has 1 rings (SSSR count). The molecule has 70 valence electrons. The van der Waals surface area contributed by atoms with Crippen LogP contribution in [0.1, 0.15) is 25.1 Å². The third-order valence-electron chi connectivity index (χ3n) is 2.04. The summed E-state index contributed by atoms with van der Waals surface area (Å²) in [5.41, 5.74) is 1.17. The van der Waals surface area contributed by atoms with Gasteiger partial charge in [0.05, 0.1) is 18.1 Å². The Morgan fingerprint density at radius 1 is 1.69 bits per heavy atom. The molecular weight excluding hydrogens is 162 g/mol. The van der Waals surface area contributed by atoms with Crippen LogP contribution in [0.15, 0.2) is 12.5 Å². The standard InChI is InChI=1S/C10H15N3/c1-4-5-6-9(11-2)10-7-12-8-13(10)3/h7-9,11H,6H2,1-3H3. The van der Waals surface area contributed by atoms with Gasteiger partial charge in [-0.1, -0.05) is 0 Å². The minimum absolute atomic E-state index is 0.278. The SMILES string of the molecule is CC#CCC(NC)c1cncn1C. The van der Waals surface area contributed by atoms with Gasteiger partial charge in [-0.15, -0.1) is 11.8 Å². The van der Waals surface area contributed by atoms with E-state index in [4.69, 9.17) is 0 Å². The minimum atomic E-state index is 0.278. The highest BCUT2D eigenvalue weighted by molar-refractivity contribution is 5.09. The van der Waals surface area contributed by atoms with Gasteiger partial charge in [0, 0.05) is 19.7 Å². The van der Waals surface area contributed by atoms with E-state index in [9.17, 15) is 0 Å². The maximum Gasteiger partial charge on any atom is 0.0946 e. The first-order valence-corrected chi connectivity index (χ1v) is 4.32. The van der Waals surface area contributed by atoms with Crippen LogP contribution in [0.25, 0.3) is 0 Å². The first kappa shape index (κ1) is 9.82. The molecule has 0 spiro atoms. The van der Waals surface area contributed by atoms with Crippen molar-refractivity contribution < 1.29 is 0 Å². The smallest absolute Gasteiger partial charge is 0.0946 e. The van der Waals surface area contributed by atoms with Gasteiger partial charge in [0.25, 0.3) is 0 Å². The fraction of sp³-hybridized carbons (Fsp3) is 0.500. The second-order valence-electron chi connectivity index (χ2n) is 2.90. The van der Waals surface area contributed by atoms with Crippen LogP contribution < -0.4 is 5.32 Å². The lowest BCUT2D eigenvalue weighted by atomic mass is 10.1. The zero-order chi connectivity index (χ0) is 9.68. The monoisotopic (exact) mass is 177 g/mol. The second-order valence-corrected chi connectivity index (χ2v) is 2.90. The lowest BCUT2D eigenvalue weighted by molar-refractivity contribution is 0.571. The average Bonchev–Trinajstić information content (AvgIpc) is 2.54. The predicted octanol–water partition coefficient (Wildman–Crippen LogP) is 1.09. The summed E-state index contributed by atoms with van der Waals surface area (Å²) in [6, 6.07) is 0.278. The molecule has 0 amide bonds. The Balaban J connectivity index is 2.76. The normalized spacial score (nSPS) is 11.9. The Morgan fingerprint density at radius 2 is 2.46 bits per heavy atom. The van der Waals surface area contributed by atoms with Crippen LogP contribution in [0.2, 0.25) is 0 Å². The first-order chi connectivity index (χ1) is 6.29. The number of hydrogen-bond acceptors (Lipinski definition) is 2. The van der Waals surface area contributed by atoms with Gasteiger partial charge in [0.15, 0.2) is 0 Å². The van der Waals surface area contributed by atoms with E-state index in [-0.39, 0.29) is 6.04 Å². The van der Waals surface area contributed by atoms with E-state index in [1.54, 1.807) is 6.33 Å². The van der Waals surface area contributed by atoms with Crippen molar-refractivity contribution in [2.45, 2.75) is 19.4 Å². The van der Waals surface area contributed by atoms with Gasteiger partial charge in [0.1, 0.15) is 0 Å². The van der Waals surface area contributed by atoms with Crippen molar-refractivity contribution in [2.75, 3.05) is 7.05 Å². The third-order valence-corrected chi connectivity index (χ3v) is 2.04. The number of aromatic nitrogens is 2. The van der Waals surface area contributed by atoms with E-state index in [1.165, 1.54) is 5.69 Å². The molecule has 3 heteroatoms. The molecule has 3 nitrogen and oxygen atoms in total. The van der Waals surface area contributed by atoms with Crippen LogP contribution in [-0.4, -0.2) is 16.6 Å². The summed E-state index contributed by atoms with van der Waals surface area (Å²) >= 11 is 0. The van der Waals surface area contributed by atoms with Crippen LogP contribution in [0.5, 0.6) is 0 Å². The highest BCUT2D eigenvalue weighted by Crippen LogP contribution is 2.13. The summed E-state index contributed by atoms with van der Waals surface area (Å²) in [5.74, 6) is 5.96. The molecule has 1 aromatic heterocycles. The van der Waals surface area contributed by atoms with Crippen LogP contribution >= 0.6 is 0 Å². The molecule has 1 unspecified atom stereocenters. The quantitative estimate of drug-likeness (QED) is 0.700. The summed E-state index contributed by atoms with van der Waals surface area (Å²) < 4.78 is 2.01. The Hall–Kier alpha value is -1.27. The maximum absolute atomic E-state index is 4.07. The van der Waals surface area contributed by atoms with Crippen LogP contribution in [-0.2, 0) is 7.05 Å². The molecule has 1 heterocycles. The number of nitrogens with zero attached hydrogens (tertiary/aromatic N) is 2. The Bertz CT molecular complexity index is 316. The van der Waals surface area contributed by atoms with Gasteiger partial charge in [-0.3, -0.25) is 0 Å². The second kappa shape index (κ2) is 4.68. The fourth-order valence-corrected chi connectivity index (χ4v) is 1.26. The van der Waals surface area contributed by atoms with Crippen molar-refractivity contribution in [2.24, 2.45) is 7.05 Å². The first-order valence-electron chi connectivity index (χ1n) is 4.32. The maximum atomic E-state index is 4.07. The zero-order valence-corrected chi connectivity index (χ0v) is 8.33. The lowest BCUT2D eigenvalue weighted by Gasteiger charge is -2.13. The Kier molecular flexibility index (Phi) is 3.53. The topological polar surface area (TPSA) is 29.9 Å². The van der Waals surface area contributed by atoms with Crippen molar-refractivity contribution in [3.05, 3.63) is 18.2 Å². The van der Waals surface area contributed by atoms with Gasteiger partial charge in [-0.2, -0.15) is 0 Å². The molecule has 1 N–H and O–H groups in total. The fourth-order valence-electron chi connectivity index (χ4n) is 1.26. The van der Waals surface area contributed by atoms with Gasteiger partial charge in [0.2, 0.25) is 0 Å². The molecule has 0 aliphatic carbocycles. The van der Waals surface area contributed by atoms with E-state index in [1.807, 2.05) is 31.8 Å². The van der Waals surface area contributed by atoms with Crippen LogP contribution in [0.4, 0.5) is 0 Å². The third kappa shape index (κ3) is 2.33. The Labute approximate surface area is 79.2 Å². The molecule has 0 fully saturated rings. The van der Waals surface area contributed by atoms with E-state index < -0.39 is 0 Å². The molecule has 0 aliphatic heterocycles. The molecule has 13 heavy (non-hydrogen) atoms. The molecule has 0 saturated heterocycles. The van der Waals surface area contributed by atoms with E-state index in [0.29, 0.717) is 0 Å². The van der Waals surface area contributed by atoms with Crippen molar-refractivity contribution in [1.29, 1.82) is 0 Å². The van der Waals surface area contributed by atoms with Crippen molar-refractivity contribution in [3.8, 4) is 11.8 Å². The average molecular weight is 177 g/mol. The summed E-state index contributed by atoms with van der Waals surface area (Å²) in [5, 5.41) is 3.22. The molecular formula is C10H15N3. The van der Waals surface area contributed by atoms with E-state index >= 15 is 0 Å². The Morgan fingerprint density at radius 3 is 2.92 bits per heavy atom. The summed E-state index contributed by atoms with van der Waals surface area (Å²) in [7, 11) is 3.93. The molecule has 0 bridgehead atoms. The predicted molar refractivity (Wildman–Crippen MR) is 53.1 cm³/mol. The number of rotatable bonds is 3. The summed E-state index contributed by atoms with van der Waals surface area (Å²) in [6.45, 7) is 1.86. The molecule has 1 atom stereocenters. The summed E-state index contributed by atoms with van der Waals surface area (Å²) in [4.78, 5) is 4.07. The van der Waals surface area contributed by atoms with Gasteiger partial charge >= 0.3 is 0 Å². The molecule has 1 aromatic rings. The zero-order valence-electron chi connectivity index (χ0n) is 8.33. The number of aryl methyl sites for hydroxylation is 1. The highest BCUT2D eigenvalue weighted by Gasteiger charge is 2.10. The van der Waals surface area contributed by atoms with Gasteiger partial charge in [-0.05, 0) is 14.0 Å². The molecule has 0 saturated carbocycles.